The van der Waals surface area contributed by atoms with Crippen LogP contribution in [-0.2, 0) is 16.2 Å². The summed E-state index contributed by atoms with van der Waals surface area (Å²) in [6, 6.07) is 10.4. The standard InChI is InChI=1S/C21H20Cl2N2O4/c1-5-13(2)29-20-17(22)10-15(11-18(20)23)28-12-14-8-6-7-9-16(14)19(25-27-4)21(26)24-3/h1,6-11,13H,12H2,2-4H3,(H,24,26). The van der Waals surface area contributed by atoms with Gasteiger partial charge in [-0.2, -0.15) is 0 Å². The molecule has 0 heterocycles. The molecule has 6 nitrogen and oxygen atoms in total. The molecule has 2 aromatic carbocycles. The Hall–Kier alpha value is -2.88. The van der Waals surface area contributed by atoms with E-state index in [1.807, 2.05) is 12.1 Å². The van der Waals surface area contributed by atoms with Crippen LogP contribution in [0.2, 0.25) is 10.0 Å². The Bertz CT molecular complexity index is 931. The van der Waals surface area contributed by atoms with E-state index in [1.165, 1.54) is 14.2 Å². The lowest BCUT2D eigenvalue weighted by molar-refractivity contribution is -0.114. The van der Waals surface area contributed by atoms with Crippen LogP contribution in [0.15, 0.2) is 41.6 Å². The van der Waals surface area contributed by atoms with Crippen LogP contribution in [0.25, 0.3) is 0 Å². The molecule has 0 saturated heterocycles. The third kappa shape index (κ3) is 5.80. The van der Waals surface area contributed by atoms with Crippen molar-refractivity contribution in [2.45, 2.75) is 19.6 Å². The zero-order valence-electron chi connectivity index (χ0n) is 16.2. The van der Waals surface area contributed by atoms with Gasteiger partial charge in [0.1, 0.15) is 19.5 Å². The first-order chi connectivity index (χ1) is 13.9. The SMILES string of the molecule is C#CC(C)Oc1c(Cl)cc(OCc2ccccc2C(=NOC)C(=O)NC)cc1Cl. The maximum atomic E-state index is 12.1. The van der Waals surface area contributed by atoms with Crippen molar-refractivity contribution >= 4 is 34.8 Å². The number of benzene rings is 2. The van der Waals surface area contributed by atoms with Gasteiger partial charge in [-0.3, -0.25) is 4.79 Å². The van der Waals surface area contributed by atoms with Crippen molar-refractivity contribution in [2.24, 2.45) is 5.16 Å². The maximum Gasteiger partial charge on any atom is 0.273 e. The van der Waals surface area contributed by atoms with Crippen molar-refractivity contribution in [2.75, 3.05) is 14.2 Å². The number of carbonyl (C=O) groups is 1. The number of likely N-dealkylation sites (N-methyl/N-ethyl adjacent to an activating group) is 1. The molecule has 29 heavy (non-hydrogen) atoms. The average molecular weight is 435 g/mol. The van der Waals surface area contributed by atoms with Crippen LogP contribution in [-0.4, -0.2) is 31.9 Å². The third-order valence-electron chi connectivity index (χ3n) is 3.79. The third-order valence-corrected chi connectivity index (χ3v) is 4.35. The van der Waals surface area contributed by atoms with Crippen LogP contribution < -0.4 is 14.8 Å². The highest BCUT2D eigenvalue weighted by Crippen LogP contribution is 2.37. The van der Waals surface area contributed by atoms with E-state index in [9.17, 15) is 4.79 Å². The minimum absolute atomic E-state index is 0.136. The van der Waals surface area contributed by atoms with Gasteiger partial charge in [-0.1, -0.05) is 58.5 Å². The number of carbonyl (C=O) groups excluding carboxylic acids is 1. The largest absolute Gasteiger partial charge is 0.489 e. The van der Waals surface area contributed by atoms with E-state index in [0.717, 1.165) is 5.56 Å². The van der Waals surface area contributed by atoms with Crippen LogP contribution in [0.3, 0.4) is 0 Å². The van der Waals surface area contributed by atoms with Gasteiger partial charge in [-0.05, 0) is 12.5 Å². The lowest BCUT2D eigenvalue weighted by Gasteiger charge is -2.15. The van der Waals surface area contributed by atoms with E-state index in [0.29, 0.717) is 17.1 Å². The smallest absolute Gasteiger partial charge is 0.273 e. The molecule has 1 amide bonds. The molecule has 8 heteroatoms. The highest BCUT2D eigenvalue weighted by molar-refractivity contribution is 6.45. The maximum absolute atomic E-state index is 12.1. The normalized spacial score (nSPS) is 11.9. The van der Waals surface area contributed by atoms with Crippen LogP contribution in [0, 0.1) is 12.3 Å². The predicted octanol–water partition coefficient (Wildman–Crippen LogP) is 4.07. The number of halogens is 2. The van der Waals surface area contributed by atoms with Crippen LogP contribution >= 0.6 is 23.2 Å². The molecule has 0 aliphatic heterocycles. The van der Waals surface area contributed by atoms with Gasteiger partial charge in [-0.25, -0.2) is 0 Å². The van der Waals surface area contributed by atoms with E-state index in [1.54, 1.807) is 31.2 Å². The topological polar surface area (TPSA) is 69.1 Å². The van der Waals surface area contributed by atoms with E-state index in [2.05, 4.69) is 16.4 Å². The molecule has 0 radical (unpaired) electrons. The molecule has 2 rings (SSSR count). The zero-order chi connectivity index (χ0) is 21.4. The number of hydrogen-bond acceptors (Lipinski definition) is 5. The first-order valence-electron chi connectivity index (χ1n) is 8.57. The molecule has 1 atom stereocenters. The molecule has 0 spiro atoms. The monoisotopic (exact) mass is 434 g/mol. The number of rotatable bonds is 8. The molecule has 1 N–H and O–H groups in total. The summed E-state index contributed by atoms with van der Waals surface area (Å²) < 4.78 is 11.4. The minimum atomic E-state index is -0.480. The number of nitrogens with zero attached hydrogens (tertiary/aromatic N) is 1. The number of terminal acetylenes is 1. The van der Waals surface area contributed by atoms with E-state index >= 15 is 0 Å². The van der Waals surface area contributed by atoms with Gasteiger partial charge in [0.25, 0.3) is 5.91 Å². The van der Waals surface area contributed by atoms with Gasteiger partial charge in [0, 0.05) is 24.7 Å². The van der Waals surface area contributed by atoms with Gasteiger partial charge in [0.05, 0.1) is 10.0 Å². The van der Waals surface area contributed by atoms with Gasteiger partial charge in [0.2, 0.25) is 0 Å². The lowest BCUT2D eigenvalue weighted by atomic mass is 10.0. The Morgan fingerprint density at radius 2 is 1.93 bits per heavy atom. The van der Waals surface area contributed by atoms with Gasteiger partial charge in [0.15, 0.2) is 17.6 Å². The fraction of sp³-hybridized carbons (Fsp3) is 0.238. The number of ether oxygens (including phenoxy) is 2. The Labute approximate surface area is 179 Å². The van der Waals surface area contributed by atoms with Crippen molar-refractivity contribution in [1.82, 2.24) is 5.32 Å². The molecule has 0 aromatic heterocycles. The Morgan fingerprint density at radius 3 is 2.52 bits per heavy atom. The molecule has 2 aromatic rings. The second kappa shape index (κ2) is 10.6. The molecular weight excluding hydrogens is 415 g/mol. The lowest BCUT2D eigenvalue weighted by Crippen LogP contribution is -2.29. The summed E-state index contributed by atoms with van der Waals surface area (Å²) in [5, 5.41) is 6.91. The molecule has 0 aliphatic carbocycles. The summed E-state index contributed by atoms with van der Waals surface area (Å²) in [6.07, 6.45) is 4.84. The molecule has 0 aliphatic rings. The van der Waals surface area contributed by atoms with Crippen LogP contribution in [0.4, 0.5) is 0 Å². The van der Waals surface area contributed by atoms with Gasteiger partial charge < -0.3 is 19.6 Å². The molecular formula is C21H20Cl2N2O4. The van der Waals surface area contributed by atoms with Crippen molar-refractivity contribution in [3.05, 3.63) is 57.6 Å². The Morgan fingerprint density at radius 1 is 1.28 bits per heavy atom. The van der Waals surface area contributed by atoms with Gasteiger partial charge >= 0.3 is 0 Å². The molecule has 1 unspecified atom stereocenters. The second-order valence-corrected chi connectivity index (χ2v) is 6.60. The highest BCUT2D eigenvalue weighted by atomic mass is 35.5. The fourth-order valence-electron chi connectivity index (χ4n) is 2.40. The zero-order valence-corrected chi connectivity index (χ0v) is 17.7. The average Bonchev–Trinajstić information content (AvgIpc) is 2.72. The first kappa shape index (κ1) is 22.4. The summed E-state index contributed by atoms with van der Waals surface area (Å²) in [6.45, 7) is 1.85. The van der Waals surface area contributed by atoms with Crippen molar-refractivity contribution in [3.8, 4) is 23.8 Å². The second-order valence-electron chi connectivity index (χ2n) is 5.79. The first-order valence-corrected chi connectivity index (χ1v) is 9.33. The van der Waals surface area contributed by atoms with Crippen LogP contribution in [0.1, 0.15) is 18.1 Å². The van der Waals surface area contributed by atoms with E-state index < -0.39 is 6.10 Å². The van der Waals surface area contributed by atoms with Crippen molar-refractivity contribution in [3.63, 3.8) is 0 Å². The molecule has 0 fully saturated rings. The van der Waals surface area contributed by atoms with Crippen molar-refractivity contribution < 1.29 is 19.1 Å². The van der Waals surface area contributed by atoms with Crippen LogP contribution in [0.5, 0.6) is 11.5 Å². The number of oxime groups is 1. The summed E-state index contributed by atoms with van der Waals surface area (Å²) in [4.78, 5) is 17.0. The Balaban J connectivity index is 2.26. The molecule has 152 valence electrons. The summed E-state index contributed by atoms with van der Waals surface area (Å²) >= 11 is 12.5. The number of amides is 1. The Kier molecular flexibility index (Phi) is 8.20. The van der Waals surface area contributed by atoms with E-state index in [-0.39, 0.29) is 28.3 Å². The predicted molar refractivity (Wildman–Crippen MR) is 114 cm³/mol. The highest BCUT2D eigenvalue weighted by Gasteiger charge is 2.18. The van der Waals surface area contributed by atoms with E-state index in [4.69, 9.17) is 43.9 Å². The number of nitrogens with one attached hydrogen (secondary N) is 1. The minimum Gasteiger partial charge on any atom is -0.489 e. The van der Waals surface area contributed by atoms with Gasteiger partial charge in [-0.15, -0.1) is 6.42 Å². The summed E-state index contributed by atoms with van der Waals surface area (Å²) in [5.74, 6) is 2.79. The number of hydrogen-bond donors (Lipinski definition) is 1. The molecule has 0 saturated carbocycles. The molecule has 0 bridgehead atoms. The quantitative estimate of drug-likeness (QED) is 0.386. The summed E-state index contributed by atoms with van der Waals surface area (Å²) in [5.41, 5.74) is 1.44. The van der Waals surface area contributed by atoms with Crippen molar-refractivity contribution in [1.29, 1.82) is 0 Å². The fourth-order valence-corrected chi connectivity index (χ4v) is 2.96. The summed E-state index contributed by atoms with van der Waals surface area (Å²) in [7, 11) is 2.89.